The standard InChI is InChI=1S/C13H16Cl2N2S/c1-3-10(8-18-2)17-12-6-9(15)4-5-11(12)16-13(17)7-14/h4-6,10H,3,7-8H2,1-2H3. The summed E-state index contributed by atoms with van der Waals surface area (Å²) in [7, 11) is 0. The minimum atomic E-state index is 0.414. The molecule has 1 unspecified atom stereocenters. The van der Waals surface area contributed by atoms with E-state index in [1.807, 2.05) is 30.0 Å². The summed E-state index contributed by atoms with van der Waals surface area (Å²) in [6, 6.07) is 6.21. The molecule has 0 N–H and O–H groups in total. The SMILES string of the molecule is CCC(CSC)n1c(CCl)nc2ccc(Cl)cc21. The van der Waals surface area contributed by atoms with E-state index >= 15 is 0 Å². The number of alkyl halides is 1. The number of nitrogens with zero attached hydrogens (tertiary/aromatic N) is 2. The molecule has 0 saturated heterocycles. The van der Waals surface area contributed by atoms with E-state index in [2.05, 4.69) is 22.7 Å². The van der Waals surface area contributed by atoms with Gasteiger partial charge in [0.2, 0.25) is 0 Å². The van der Waals surface area contributed by atoms with Crippen LogP contribution in [0.4, 0.5) is 0 Å². The first-order valence-corrected chi connectivity index (χ1v) is 8.23. The lowest BCUT2D eigenvalue weighted by molar-refractivity contribution is 0.538. The van der Waals surface area contributed by atoms with E-state index in [9.17, 15) is 0 Å². The van der Waals surface area contributed by atoms with E-state index in [0.717, 1.165) is 34.1 Å². The van der Waals surface area contributed by atoms with Crippen LogP contribution in [-0.2, 0) is 5.88 Å². The second-order valence-electron chi connectivity index (χ2n) is 4.18. The summed E-state index contributed by atoms with van der Waals surface area (Å²) in [5.41, 5.74) is 2.05. The Kier molecular flexibility index (Phi) is 4.82. The molecule has 0 spiro atoms. The van der Waals surface area contributed by atoms with Crippen LogP contribution >= 0.6 is 35.0 Å². The number of hydrogen-bond acceptors (Lipinski definition) is 2. The Morgan fingerprint density at radius 2 is 2.22 bits per heavy atom. The fourth-order valence-electron chi connectivity index (χ4n) is 2.19. The van der Waals surface area contributed by atoms with Gasteiger partial charge in [-0.1, -0.05) is 18.5 Å². The molecule has 18 heavy (non-hydrogen) atoms. The monoisotopic (exact) mass is 302 g/mol. The van der Waals surface area contributed by atoms with E-state index in [-0.39, 0.29) is 0 Å². The van der Waals surface area contributed by atoms with Crippen LogP contribution in [0.25, 0.3) is 11.0 Å². The molecule has 1 atom stereocenters. The van der Waals surface area contributed by atoms with Gasteiger partial charge in [0.25, 0.3) is 0 Å². The summed E-state index contributed by atoms with van der Waals surface area (Å²) in [5, 5.41) is 0.740. The first-order chi connectivity index (χ1) is 8.71. The molecule has 0 aliphatic heterocycles. The Morgan fingerprint density at radius 1 is 1.44 bits per heavy atom. The van der Waals surface area contributed by atoms with Gasteiger partial charge >= 0.3 is 0 Å². The first-order valence-electron chi connectivity index (χ1n) is 5.92. The maximum absolute atomic E-state index is 6.09. The third-order valence-electron chi connectivity index (χ3n) is 3.04. The van der Waals surface area contributed by atoms with Crippen LogP contribution < -0.4 is 0 Å². The van der Waals surface area contributed by atoms with Gasteiger partial charge in [-0.05, 0) is 30.9 Å². The summed E-state index contributed by atoms with van der Waals surface area (Å²) >= 11 is 13.9. The van der Waals surface area contributed by atoms with Crippen molar-refractivity contribution < 1.29 is 0 Å². The van der Waals surface area contributed by atoms with Gasteiger partial charge in [0.05, 0.1) is 16.9 Å². The third kappa shape index (κ3) is 2.63. The Hall–Kier alpha value is -0.380. The first kappa shape index (κ1) is 14.0. The van der Waals surface area contributed by atoms with Gasteiger partial charge in [0.1, 0.15) is 5.82 Å². The van der Waals surface area contributed by atoms with Gasteiger partial charge in [0.15, 0.2) is 0 Å². The van der Waals surface area contributed by atoms with Crippen molar-refractivity contribution in [3.05, 3.63) is 29.0 Å². The zero-order chi connectivity index (χ0) is 13.1. The molecule has 0 aliphatic carbocycles. The van der Waals surface area contributed by atoms with Crippen molar-refractivity contribution in [1.29, 1.82) is 0 Å². The normalized spacial score (nSPS) is 13.1. The number of imidazole rings is 1. The van der Waals surface area contributed by atoms with Crippen LogP contribution in [0.3, 0.4) is 0 Å². The Bertz CT molecular complexity index is 539. The van der Waals surface area contributed by atoms with Crippen molar-refractivity contribution >= 4 is 46.0 Å². The molecule has 2 rings (SSSR count). The number of benzene rings is 1. The summed E-state index contributed by atoms with van der Waals surface area (Å²) < 4.78 is 2.24. The van der Waals surface area contributed by atoms with E-state index in [4.69, 9.17) is 23.2 Å². The second kappa shape index (κ2) is 6.18. The van der Waals surface area contributed by atoms with Gasteiger partial charge in [-0.2, -0.15) is 11.8 Å². The quantitative estimate of drug-likeness (QED) is 0.742. The topological polar surface area (TPSA) is 17.8 Å². The molecule has 0 amide bonds. The van der Waals surface area contributed by atoms with Gasteiger partial charge in [-0.3, -0.25) is 0 Å². The van der Waals surface area contributed by atoms with Crippen LogP contribution in [0, 0.1) is 0 Å². The molecular weight excluding hydrogens is 287 g/mol. The lowest BCUT2D eigenvalue weighted by Crippen LogP contribution is -2.13. The zero-order valence-electron chi connectivity index (χ0n) is 10.5. The number of halogens is 2. The number of thioether (sulfide) groups is 1. The second-order valence-corrected chi connectivity index (χ2v) is 5.80. The van der Waals surface area contributed by atoms with Crippen LogP contribution in [0.1, 0.15) is 25.2 Å². The molecule has 1 heterocycles. The summed E-state index contributed by atoms with van der Waals surface area (Å²) in [4.78, 5) is 4.59. The minimum Gasteiger partial charge on any atom is -0.323 e. The highest BCUT2D eigenvalue weighted by molar-refractivity contribution is 7.98. The zero-order valence-corrected chi connectivity index (χ0v) is 12.8. The Labute approximate surface area is 122 Å². The minimum absolute atomic E-state index is 0.414. The van der Waals surface area contributed by atoms with E-state index in [1.165, 1.54) is 0 Å². The number of aromatic nitrogens is 2. The maximum atomic E-state index is 6.09. The number of rotatable bonds is 5. The van der Waals surface area contributed by atoms with Crippen LogP contribution in [0.5, 0.6) is 0 Å². The number of hydrogen-bond donors (Lipinski definition) is 0. The van der Waals surface area contributed by atoms with Crippen LogP contribution in [0.2, 0.25) is 5.02 Å². The smallest absolute Gasteiger partial charge is 0.125 e. The van der Waals surface area contributed by atoms with Crippen molar-refractivity contribution in [1.82, 2.24) is 9.55 Å². The van der Waals surface area contributed by atoms with Crippen molar-refractivity contribution in [2.24, 2.45) is 0 Å². The lowest BCUT2D eigenvalue weighted by atomic mass is 10.2. The van der Waals surface area contributed by atoms with Gasteiger partial charge in [0, 0.05) is 16.8 Å². The molecule has 1 aromatic carbocycles. The van der Waals surface area contributed by atoms with Crippen molar-refractivity contribution in [2.45, 2.75) is 25.3 Å². The van der Waals surface area contributed by atoms with Gasteiger partial charge in [-0.25, -0.2) is 4.98 Å². The molecule has 2 aromatic rings. The summed E-state index contributed by atoms with van der Waals surface area (Å²) in [5.74, 6) is 2.41. The lowest BCUT2D eigenvalue weighted by Gasteiger charge is -2.19. The molecule has 0 fully saturated rings. The number of fused-ring (bicyclic) bond motifs is 1. The largest absolute Gasteiger partial charge is 0.323 e. The highest BCUT2D eigenvalue weighted by Crippen LogP contribution is 2.28. The molecule has 98 valence electrons. The van der Waals surface area contributed by atoms with Crippen molar-refractivity contribution in [3.8, 4) is 0 Å². The van der Waals surface area contributed by atoms with Crippen LogP contribution in [-0.4, -0.2) is 21.6 Å². The van der Waals surface area contributed by atoms with Crippen LogP contribution in [0.15, 0.2) is 18.2 Å². The molecule has 0 saturated carbocycles. The Balaban J connectivity index is 2.60. The highest BCUT2D eigenvalue weighted by atomic mass is 35.5. The van der Waals surface area contributed by atoms with E-state index in [1.54, 1.807) is 0 Å². The highest BCUT2D eigenvalue weighted by Gasteiger charge is 2.17. The molecule has 1 aromatic heterocycles. The van der Waals surface area contributed by atoms with Gasteiger partial charge in [-0.15, -0.1) is 11.6 Å². The van der Waals surface area contributed by atoms with E-state index < -0.39 is 0 Å². The average molecular weight is 303 g/mol. The molecule has 0 aliphatic rings. The fraction of sp³-hybridized carbons (Fsp3) is 0.462. The summed E-state index contributed by atoms with van der Waals surface area (Å²) in [6.07, 6.45) is 3.18. The van der Waals surface area contributed by atoms with Crippen molar-refractivity contribution in [2.75, 3.05) is 12.0 Å². The molecule has 5 heteroatoms. The third-order valence-corrected chi connectivity index (χ3v) is 4.23. The molecule has 2 nitrogen and oxygen atoms in total. The Morgan fingerprint density at radius 3 is 2.83 bits per heavy atom. The molecule has 0 radical (unpaired) electrons. The maximum Gasteiger partial charge on any atom is 0.125 e. The predicted molar refractivity (Wildman–Crippen MR) is 82.0 cm³/mol. The average Bonchev–Trinajstić information content (AvgIpc) is 2.73. The fourth-order valence-corrected chi connectivity index (χ4v) is 3.31. The van der Waals surface area contributed by atoms with Gasteiger partial charge < -0.3 is 4.57 Å². The molecule has 0 bridgehead atoms. The summed E-state index contributed by atoms with van der Waals surface area (Å²) in [6.45, 7) is 2.19. The van der Waals surface area contributed by atoms with E-state index in [0.29, 0.717) is 11.9 Å². The molecular formula is C13H16Cl2N2S. The predicted octanol–water partition coefficient (Wildman–Crippen LogP) is 4.74. The van der Waals surface area contributed by atoms with Crippen molar-refractivity contribution in [3.63, 3.8) is 0 Å².